The molecule has 0 unspecified atom stereocenters. The molecule has 0 aliphatic heterocycles. The van der Waals surface area contributed by atoms with Crippen LogP contribution in [0.3, 0.4) is 0 Å². The molecule has 0 aromatic heterocycles. The molecule has 0 bridgehead atoms. The van der Waals surface area contributed by atoms with E-state index < -0.39 is 22.0 Å². The van der Waals surface area contributed by atoms with Gasteiger partial charge in [-0.15, -0.1) is 0 Å². The van der Waals surface area contributed by atoms with Crippen LogP contribution in [0.25, 0.3) is 0 Å². The van der Waals surface area contributed by atoms with E-state index >= 15 is 0 Å². The topological polar surface area (TPSA) is 74.7 Å². The number of nitrogens with zero attached hydrogens (tertiary/aromatic N) is 1. The van der Waals surface area contributed by atoms with Gasteiger partial charge in [0.15, 0.2) is 0 Å². The summed E-state index contributed by atoms with van der Waals surface area (Å²) in [5, 5.41) is 9.88. The summed E-state index contributed by atoms with van der Waals surface area (Å²) in [5.41, 5.74) is 0.726. The van der Waals surface area contributed by atoms with Gasteiger partial charge in [0, 0.05) is 16.5 Å². The summed E-state index contributed by atoms with van der Waals surface area (Å²) in [6.45, 7) is 0. The van der Waals surface area contributed by atoms with E-state index in [1.54, 1.807) is 24.3 Å². The van der Waals surface area contributed by atoms with Gasteiger partial charge >= 0.3 is 5.97 Å². The lowest BCUT2D eigenvalue weighted by Gasteiger charge is -2.24. The molecule has 0 spiro atoms. The number of rotatable bonds is 6. The summed E-state index contributed by atoms with van der Waals surface area (Å²) in [5.74, 6) is -1.21. The summed E-state index contributed by atoms with van der Waals surface area (Å²) in [7, 11) is -2.68. The summed E-state index contributed by atoms with van der Waals surface area (Å²) in [4.78, 5) is 11.6. The highest BCUT2D eigenvalue weighted by molar-refractivity contribution is 9.10. The van der Waals surface area contributed by atoms with Crippen LogP contribution in [0.15, 0.2) is 57.9 Å². The summed E-state index contributed by atoms with van der Waals surface area (Å²) >= 11 is 9.07. The maximum atomic E-state index is 12.6. The number of benzene rings is 2. The minimum atomic E-state index is -3.94. The lowest BCUT2D eigenvalue weighted by Crippen LogP contribution is -2.43. The Morgan fingerprint density at radius 2 is 1.71 bits per heavy atom. The summed E-state index contributed by atoms with van der Waals surface area (Å²) in [6.07, 6.45) is 0.0614. The number of likely N-dealkylation sites (N-methyl/N-ethyl adjacent to an activating group) is 1. The number of carbonyl (C=O) groups is 1. The third-order valence-electron chi connectivity index (χ3n) is 3.56. The van der Waals surface area contributed by atoms with Crippen molar-refractivity contribution >= 4 is 43.5 Å². The van der Waals surface area contributed by atoms with Gasteiger partial charge in [-0.25, -0.2) is 8.42 Å². The predicted octanol–water partition coefficient (Wildman–Crippen LogP) is 3.42. The van der Waals surface area contributed by atoms with Crippen molar-refractivity contribution in [2.75, 3.05) is 7.05 Å². The Hall–Kier alpha value is -1.41. The Labute approximate surface area is 154 Å². The number of hydrogen-bond donors (Lipinski definition) is 1. The van der Waals surface area contributed by atoms with E-state index in [-0.39, 0.29) is 11.3 Å². The van der Waals surface area contributed by atoms with Crippen molar-refractivity contribution in [2.45, 2.75) is 17.4 Å². The highest BCUT2D eigenvalue weighted by Gasteiger charge is 2.32. The number of halogens is 2. The van der Waals surface area contributed by atoms with Crippen molar-refractivity contribution in [1.82, 2.24) is 4.31 Å². The van der Waals surface area contributed by atoms with Crippen molar-refractivity contribution in [3.63, 3.8) is 0 Å². The first-order chi connectivity index (χ1) is 11.2. The third kappa shape index (κ3) is 4.36. The van der Waals surface area contributed by atoms with E-state index in [4.69, 9.17) is 11.6 Å². The van der Waals surface area contributed by atoms with Crippen molar-refractivity contribution in [1.29, 1.82) is 0 Å². The van der Waals surface area contributed by atoms with Gasteiger partial charge in [-0.1, -0.05) is 39.7 Å². The molecule has 1 N–H and O–H groups in total. The lowest BCUT2D eigenvalue weighted by molar-refractivity contribution is -0.141. The fraction of sp³-hybridized carbons (Fsp3) is 0.188. The van der Waals surface area contributed by atoms with E-state index in [0.29, 0.717) is 5.02 Å². The highest BCUT2D eigenvalue weighted by atomic mass is 79.9. The maximum absolute atomic E-state index is 12.6. The molecule has 0 saturated carbocycles. The third-order valence-corrected chi connectivity index (χ3v) is 6.22. The zero-order valence-electron chi connectivity index (χ0n) is 12.7. The number of carboxylic acids is 1. The van der Waals surface area contributed by atoms with Crippen molar-refractivity contribution in [2.24, 2.45) is 0 Å². The molecule has 2 aromatic carbocycles. The molecule has 128 valence electrons. The normalized spacial score (nSPS) is 13.0. The summed E-state index contributed by atoms with van der Waals surface area (Å²) < 4.78 is 27.0. The molecule has 1 atom stereocenters. The SMILES string of the molecule is CN([C@H](Cc1ccc(Br)cc1)C(=O)O)S(=O)(=O)c1ccc(Cl)cc1. The van der Waals surface area contributed by atoms with Gasteiger partial charge in [0.1, 0.15) is 6.04 Å². The minimum absolute atomic E-state index is 0.00328. The van der Waals surface area contributed by atoms with Crippen LogP contribution in [0.4, 0.5) is 0 Å². The fourth-order valence-corrected chi connectivity index (χ4v) is 3.86. The standard InChI is InChI=1S/C16H15BrClNO4S/c1-19(24(22,23)14-8-6-13(18)7-9-14)15(16(20)21)10-11-2-4-12(17)5-3-11/h2-9,15H,10H2,1H3,(H,20,21)/t15-/m1/s1. The molecule has 5 nitrogen and oxygen atoms in total. The molecule has 0 saturated heterocycles. The highest BCUT2D eigenvalue weighted by Crippen LogP contribution is 2.21. The molecular formula is C16H15BrClNO4S. The zero-order valence-corrected chi connectivity index (χ0v) is 15.8. The van der Waals surface area contributed by atoms with Crippen LogP contribution in [0.5, 0.6) is 0 Å². The molecular weight excluding hydrogens is 418 g/mol. The van der Waals surface area contributed by atoms with E-state index in [1.807, 2.05) is 0 Å². The van der Waals surface area contributed by atoms with Gasteiger partial charge in [-0.2, -0.15) is 4.31 Å². The van der Waals surface area contributed by atoms with E-state index in [2.05, 4.69) is 15.9 Å². The van der Waals surface area contributed by atoms with Crippen molar-refractivity contribution in [3.8, 4) is 0 Å². The number of aliphatic carboxylic acids is 1. The van der Waals surface area contributed by atoms with Gasteiger partial charge in [-0.3, -0.25) is 4.79 Å². The average molecular weight is 433 g/mol. The molecule has 2 rings (SSSR count). The molecule has 8 heteroatoms. The molecule has 0 radical (unpaired) electrons. The molecule has 0 amide bonds. The van der Waals surface area contributed by atoms with Crippen molar-refractivity contribution < 1.29 is 18.3 Å². The Morgan fingerprint density at radius 3 is 2.21 bits per heavy atom. The van der Waals surface area contributed by atoms with Gasteiger partial charge in [-0.05, 0) is 48.4 Å². The second-order valence-corrected chi connectivity index (χ2v) is 8.51. The Morgan fingerprint density at radius 1 is 1.17 bits per heavy atom. The average Bonchev–Trinajstić information content (AvgIpc) is 2.53. The number of sulfonamides is 1. The first-order valence-corrected chi connectivity index (χ1v) is 9.54. The zero-order chi connectivity index (χ0) is 17.9. The fourth-order valence-electron chi connectivity index (χ4n) is 2.16. The Bertz CT molecular complexity index is 822. The van der Waals surface area contributed by atoms with Crippen molar-refractivity contribution in [3.05, 3.63) is 63.6 Å². The van der Waals surface area contributed by atoms with E-state index in [0.717, 1.165) is 14.3 Å². The van der Waals surface area contributed by atoms with Gasteiger partial charge in [0.05, 0.1) is 4.90 Å². The first kappa shape index (κ1) is 18.9. The molecule has 0 fully saturated rings. The second kappa shape index (κ2) is 7.65. The number of hydrogen-bond acceptors (Lipinski definition) is 3. The van der Waals surface area contributed by atoms with Gasteiger partial charge in [0.2, 0.25) is 10.0 Å². The van der Waals surface area contributed by atoms with Crippen LogP contribution in [0.2, 0.25) is 5.02 Å². The predicted molar refractivity (Wildman–Crippen MR) is 95.7 cm³/mol. The van der Waals surface area contributed by atoms with Crippen LogP contribution in [0, 0.1) is 0 Å². The van der Waals surface area contributed by atoms with E-state index in [1.165, 1.54) is 31.3 Å². The molecule has 24 heavy (non-hydrogen) atoms. The van der Waals surface area contributed by atoms with Crippen LogP contribution >= 0.6 is 27.5 Å². The first-order valence-electron chi connectivity index (χ1n) is 6.92. The largest absolute Gasteiger partial charge is 0.480 e. The Balaban J connectivity index is 2.31. The van der Waals surface area contributed by atoms with Crippen LogP contribution < -0.4 is 0 Å². The molecule has 0 aliphatic rings. The minimum Gasteiger partial charge on any atom is -0.480 e. The smallest absolute Gasteiger partial charge is 0.322 e. The van der Waals surface area contributed by atoms with Crippen LogP contribution in [-0.4, -0.2) is 36.9 Å². The quantitative estimate of drug-likeness (QED) is 0.759. The van der Waals surface area contributed by atoms with Gasteiger partial charge < -0.3 is 5.11 Å². The van der Waals surface area contributed by atoms with Crippen LogP contribution in [-0.2, 0) is 21.2 Å². The monoisotopic (exact) mass is 431 g/mol. The number of carboxylic acid groups (broad SMARTS) is 1. The maximum Gasteiger partial charge on any atom is 0.322 e. The lowest BCUT2D eigenvalue weighted by atomic mass is 10.1. The molecule has 0 aliphatic carbocycles. The molecule has 2 aromatic rings. The second-order valence-electron chi connectivity index (χ2n) is 5.16. The van der Waals surface area contributed by atoms with E-state index in [9.17, 15) is 18.3 Å². The summed E-state index contributed by atoms with van der Waals surface area (Å²) in [6, 6.07) is 11.5. The molecule has 0 heterocycles. The van der Waals surface area contributed by atoms with Gasteiger partial charge in [0.25, 0.3) is 0 Å². The van der Waals surface area contributed by atoms with Crippen LogP contribution in [0.1, 0.15) is 5.56 Å². The Kier molecular flexibility index (Phi) is 6.03.